The van der Waals surface area contributed by atoms with Crippen LogP contribution >= 0.6 is 0 Å². The molecule has 0 aliphatic heterocycles. The highest BCUT2D eigenvalue weighted by molar-refractivity contribution is 5.55. The van der Waals surface area contributed by atoms with Crippen LogP contribution in [0.3, 0.4) is 0 Å². The molecule has 20 heavy (non-hydrogen) atoms. The summed E-state index contributed by atoms with van der Waals surface area (Å²) in [6.07, 6.45) is 0. The normalized spacial score (nSPS) is 10.3. The number of anilines is 1. The molecule has 1 N–H and O–H groups in total. The Hall–Kier alpha value is -2.36. The van der Waals surface area contributed by atoms with Crippen LogP contribution in [-0.2, 0) is 6.54 Å². The molecule has 2 aromatic carbocycles. The molecule has 0 bridgehead atoms. The highest BCUT2D eigenvalue weighted by Crippen LogP contribution is 2.22. The summed E-state index contributed by atoms with van der Waals surface area (Å²) in [6.45, 7) is 6.55. The maximum atomic E-state index is 10.9. The number of nitrogens with zero attached hydrogens (tertiary/aromatic N) is 1. The summed E-state index contributed by atoms with van der Waals surface area (Å²) in [5.41, 5.74) is 5.26. The quantitative estimate of drug-likeness (QED) is 0.671. The molecule has 0 aliphatic carbocycles. The predicted octanol–water partition coefficient (Wildman–Crippen LogP) is 4.13. The second-order valence-electron chi connectivity index (χ2n) is 5.03. The second kappa shape index (κ2) is 5.74. The van der Waals surface area contributed by atoms with Gasteiger partial charge in [0.2, 0.25) is 0 Å². The lowest BCUT2D eigenvalue weighted by Crippen LogP contribution is -2.01. The van der Waals surface area contributed by atoms with Crippen molar-refractivity contribution in [3.8, 4) is 0 Å². The molecule has 0 radical (unpaired) electrons. The van der Waals surface area contributed by atoms with Gasteiger partial charge in [0.1, 0.15) is 0 Å². The zero-order chi connectivity index (χ0) is 14.7. The van der Waals surface area contributed by atoms with E-state index in [2.05, 4.69) is 37.4 Å². The Morgan fingerprint density at radius 2 is 1.70 bits per heavy atom. The molecular formula is C16H18N2O2. The molecule has 0 saturated carbocycles. The first-order valence-electron chi connectivity index (χ1n) is 6.52. The maximum absolute atomic E-state index is 10.9. The minimum atomic E-state index is -0.351. The summed E-state index contributed by atoms with van der Waals surface area (Å²) in [5, 5.41) is 14.1. The van der Waals surface area contributed by atoms with Crippen LogP contribution in [0, 0.1) is 30.9 Å². The van der Waals surface area contributed by atoms with E-state index in [1.165, 1.54) is 11.1 Å². The molecular weight excluding hydrogens is 252 g/mol. The van der Waals surface area contributed by atoms with Crippen LogP contribution in [0.5, 0.6) is 0 Å². The van der Waals surface area contributed by atoms with Crippen LogP contribution in [0.15, 0.2) is 36.4 Å². The Labute approximate surface area is 118 Å². The smallest absolute Gasteiger partial charge is 0.274 e. The van der Waals surface area contributed by atoms with Gasteiger partial charge in [-0.1, -0.05) is 24.3 Å². The molecule has 0 heterocycles. The number of nitro groups is 1. The molecule has 0 fully saturated rings. The summed E-state index contributed by atoms with van der Waals surface area (Å²) in [5.74, 6) is 0. The second-order valence-corrected chi connectivity index (χ2v) is 5.03. The topological polar surface area (TPSA) is 55.2 Å². The third-order valence-electron chi connectivity index (χ3n) is 3.47. The van der Waals surface area contributed by atoms with Crippen molar-refractivity contribution in [1.29, 1.82) is 0 Å². The van der Waals surface area contributed by atoms with Crippen molar-refractivity contribution in [3.63, 3.8) is 0 Å². The van der Waals surface area contributed by atoms with Gasteiger partial charge in [0.25, 0.3) is 5.69 Å². The molecule has 0 aliphatic rings. The Kier molecular flexibility index (Phi) is 4.03. The number of benzene rings is 2. The number of hydrogen-bond acceptors (Lipinski definition) is 3. The number of rotatable bonds is 4. The predicted molar refractivity (Wildman–Crippen MR) is 81.1 cm³/mol. The molecule has 0 amide bonds. The highest BCUT2D eigenvalue weighted by Gasteiger charge is 2.10. The first kappa shape index (κ1) is 14.1. The van der Waals surface area contributed by atoms with Gasteiger partial charge >= 0.3 is 0 Å². The van der Waals surface area contributed by atoms with Crippen molar-refractivity contribution >= 4 is 11.4 Å². The van der Waals surface area contributed by atoms with Gasteiger partial charge in [-0.05, 0) is 43.5 Å². The fraction of sp³-hybridized carbons (Fsp3) is 0.250. The first-order valence-corrected chi connectivity index (χ1v) is 6.52. The van der Waals surface area contributed by atoms with Crippen LogP contribution in [0.2, 0.25) is 0 Å². The number of hydrogen-bond donors (Lipinski definition) is 1. The van der Waals surface area contributed by atoms with Crippen molar-refractivity contribution in [2.75, 3.05) is 5.32 Å². The SMILES string of the molecule is Cc1ccc(CNc2ccc(C)c([N+](=O)[O-])c2)cc1C. The van der Waals surface area contributed by atoms with E-state index >= 15 is 0 Å². The minimum Gasteiger partial charge on any atom is -0.381 e. The fourth-order valence-corrected chi connectivity index (χ4v) is 2.03. The van der Waals surface area contributed by atoms with Gasteiger partial charge in [0.15, 0.2) is 0 Å². The highest BCUT2D eigenvalue weighted by atomic mass is 16.6. The van der Waals surface area contributed by atoms with E-state index in [0.29, 0.717) is 12.1 Å². The van der Waals surface area contributed by atoms with Crippen LogP contribution in [0.1, 0.15) is 22.3 Å². The van der Waals surface area contributed by atoms with E-state index in [1.54, 1.807) is 19.1 Å². The molecule has 0 spiro atoms. The zero-order valence-corrected chi connectivity index (χ0v) is 11.9. The Morgan fingerprint density at radius 1 is 1.00 bits per heavy atom. The number of nitrogens with one attached hydrogen (secondary N) is 1. The maximum Gasteiger partial charge on any atom is 0.274 e. The average Bonchev–Trinajstić information content (AvgIpc) is 2.41. The van der Waals surface area contributed by atoms with Gasteiger partial charge in [0, 0.05) is 23.9 Å². The minimum absolute atomic E-state index is 0.148. The number of aryl methyl sites for hydroxylation is 3. The van der Waals surface area contributed by atoms with Crippen molar-refractivity contribution in [1.82, 2.24) is 0 Å². The first-order chi connectivity index (χ1) is 9.47. The van der Waals surface area contributed by atoms with Gasteiger partial charge in [-0.3, -0.25) is 10.1 Å². The van der Waals surface area contributed by atoms with E-state index in [4.69, 9.17) is 0 Å². The molecule has 2 aromatic rings. The van der Waals surface area contributed by atoms with Crippen LogP contribution in [0.4, 0.5) is 11.4 Å². The standard InChI is InChI=1S/C16H18N2O2/c1-11-4-6-14(8-13(11)3)10-17-15-7-5-12(2)16(9-15)18(19)20/h4-9,17H,10H2,1-3H3. The lowest BCUT2D eigenvalue weighted by Gasteiger charge is -2.09. The number of nitro benzene ring substituents is 1. The molecule has 4 heteroatoms. The molecule has 104 valence electrons. The lowest BCUT2D eigenvalue weighted by molar-refractivity contribution is -0.385. The molecule has 4 nitrogen and oxygen atoms in total. The molecule has 0 unspecified atom stereocenters. The third kappa shape index (κ3) is 3.15. The van der Waals surface area contributed by atoms with Crippen molar-refractivity contribution < 1.29 is 4.92 Å². The van der Waals surface area contributed by atoms with E-state index in [-0.39, 0.29) is 10.6 Å². The van der Waals surface area contributed by atoms with Gasteiger partial charge < -0.3 is 5.32 Å². The monoisotopic (exact) mass is 270 g/mol. The average molecular weight is 270 g/mol. The van der Waals surface area contributed by atoms with Gasteiger partial charge in [-0.25, -0.2) is 0 Å². The Bertz CT molecular complexity index is 651. The van der Waals surface area contributed by atoms with Crippen molar-refractivity contribution in [3.05, 3.63) is 68.8 Å². The largest absolute Gasteiger partial charge is 0.381 e. The lowest BCUT2D eigenvalue weighted by atomic mass is 10.1. The van der Waals surface area contributed by atoms with Crippen molar-refractivity contribution in [2.45, 2.75) is 27.3 Å². The molecule has 0 saturated heterocycles. The van der Waals surface area contributed by atoms with Crippen molar-refractivity contribution in [2.24, 2.45) is 0 Å². The van der Waals surface area contributed by atoms with Gasteiger partial charge in [-0.2, -0.15) is 0 Å². The zero-order valence-electron chi connectivity index (χ0n) is 11.9. The van der Waals surface area contributed by atoms with Gasteiger partial charge in [0.05, 0.1) is 4.92 Å². The molecule has 2 rings (SSSR count). The van der Waals surface area contributed by atoms with Crippen LogP contribution < -0.4 is 5.32 Å². The Balaban J connectivity index is 2.12. The van der Waals surface area contributed by atoms with Crippen LogP contribution in [0.25, 0.3) is 0 Å². The third-order valence-corrected chi connectivity index (χ3v) is 3.47. The summed E-state index contributed by atoms with van der Waals surface area (Å²) < 4.78 is 0. The summed E-state index contributed by atoms with van der Waals surface area (Å²) in [4.78, 5) is 10.6. The summed E-state index contributed by atoms with van der Waals surface area (Å²) in [7, 11) is 0. The Morgan fingerprint density at radius 3 is 2.35 bits per heavy atom. The summed E-state index contributed by atoms with van der Waals surface area (Å²) in [6, 6.07) is 11.5. The van der Waals surface area contributed by atoms with E-state index in [9.17, 15) is 10.1 Å². The molecule has 0 aromatic heterocycles. The fourth-order valence-electron chi connectivity index (χ4n) is 2.03. The van der Waals surface area contributed by atoms with E-state index < -0.39 is 0 Å². The summed E-state index contributed by atoms with van der Waals surface area (Å²) >= 11 is 0. The van der Waals surface area contributed by atoms with Gasteiger partial charge in [-0.15, -0.1) is 0 Å². The van der Waals surface area contributed by atoms with E-state index in [1.807, 2.05) is 6.07 Å². The van der Waals surface area contributed by atoms with Crippen LogP contribution in [-0.4, -0.2) is 4.92 Å². The van der Waals surface area contributed by atoms with E-state index in [0.717, 1.165) is 11.3 Å². The molecule has 0 atom stereocenters.